The largest absolute Gasteiger partial charge is 0.478 e. The molecule has 0 aliphatic heterocycles. The van der Waals surface area contributed by atoms with Gasteiger partial charge >= 0.3 is 18.1 Å². The summed E-state index contributed by atoms with van der Waals surface area (Å²) < 4.78 is 66.3. The van der Waals surface area contributed by atoms with Gasteiger partial charge < -0.3 is 10.2 Å². The lowest BCUT2D eigenvalue weighted by Crippen LogP contribution is -2.24. The van der Waals surface area contributed by atoms with E-state index < -0.39 is 59.0 Å². The van der Waals surface area contributed by atoms with Gasteiger partial charge in [-0.3, -0.25) is 0 Å². The van der Waals surface area contributed by atoms with Crippen LogP contribution in [-0.4, -0.2) is 43.4 Å². The summed E-state index contributed by atoms with van der Waals surface area (Å²) in [4.78, 5) is 33.4. The van der Waals surface area contributed by atoms with Gasteiger partial charge in [0.15, 0.2) is 10.9 Å². The Labute approximate surface area is 157 Å². The lowest BCUT2D eigenvalue weighted by Gasteiger charge is -2.18. The summed E-state index contributed by atoms with van der Waals surface area (Å²) >= 11 is 1.06. The fraction of sp³-hybridized carbons (Fsp3) is 0.267. The number of halogens is 5. The molecule has 0 radical (unpaired) electrons. The van der Waals surface area contributed by atoms with E-state index in [4.69, 9.17) is 0 Å². The van der Waals surface area contributed by atoms with E-state index in [0.717, 1.165) is 11.8 Å². The number of alkyl halides is 5. The average Bonchev–Trinajstić information content (AvgIpc) is 2.59. The van der Waals surface area contributed by atoms with Crippen molar-refractivity contribution in [2.45, 2.75) is 24.2 Å². The smallest absolute Gasteiger partial charge is 0.434 e. The van der Waals surface area contributed by atoms with E-state index in [2.05, 4.69) is 15.0 Å². The van der Waals surface area contributed by atoms with Gasteiger partial charge in [-0.05, 0) is 17.9 Å². The second-order valence-electron chi connectivity index (χ2n) is 5.19. The summed E-state index contributed by atoms with van der Waals surface area (Å²) in [5, 5.41) is 18.7. The van der Waals surface area contributed by atoms with E-state index in [0.29, 0.717) is 0 Å². The van der Waals surface area contributed by atoms with Crippen molar-refractivity contribution >= 4 is 23.7 Å². The maximum absolute atomic E-state index is 13.3. The number of carboxylic acids is 2. The molecule has 2 aromatic rings. The van der Waals surface area contributed by atoms with Crippen LogP contribution in [0.4, 0.5) is 22.0 Å². The molecule has 0 fully saturated rings. The van der Waals surface area contributed by atoms with Crippen LogP contribution in [0.1, 0.15) is 49.8 Å². The summed E-state index contributed by atoms with van der Waals surface area (Å²) in [6.07, 6.45) is -7.03. The third-order valence-electron chi connectivity index (χ3n) is 3.46. The van der Waals surface area contributed by atoms with Gasteiger partial charge in [0.1, 0.15) is 5.69 Å². The first-order valence-electron chi connectivity index (χ1n) is 7.22. The van der Waals surface area contributed by atoms with Gasteiger partial charge in [-0.25, -0.2) is 33.3 Å². The highest BCUT2D eigenvalue weighted by Gasteiger charge is 2.42. The van der Waals surface area contributed by atoms with Crippen molar-refractivity contribution in [3.05, 3.63) is 46.0 Å². The van der Waals surface area contributed by atoms with Gasteiger partial charge in [0.05, 0.1) is 11.1 Å². The number of hydrogen-bond donors (Lipinski definition) is 2. The molecular formula is C15H10F5N3O4S. The normalized spacial score (nSPS) is 11.7. The van der Waals surface area contributed by atoms with Crippen LogP contribution < -0.4 is 0 Å². The molecule has 0 saturated heterocycles. The minimum Gasteiger partial charge on any atom is -0.478 e. The number of carboxylic acid groups (broad SMARTS) is 2. The number of rotatable bonds is 6. The monoisotopic (exact) mass is 423 g/mol. The van der Waals surface area contributed by atoms with Gasteiger partial charge in [0.25, 0.3) is 6.43 Å². The zero-order valence-electron chi connectivity index (χ0n) is 13.8. The van der Waals surface area contributed by atoms with Crippen molar-refractivity contribution in [3.63, 3.8) is 0 Å². The number of thioether (sulfide) groups is 1. The van der Waals surface area contributed by atoms with Crippen molar-refractivity contribution in [1.82, 2.24) is 15.0 Å². The molecule has 0 aliphatic rings. The van der Waals surface area contributed by atoms with Crippen LogP contribution in [0.3, 0.4) is 0 Å². The molecule has 2 N–H and O–H groups in total. The topological polar surface area (TPSA) is 113 Å². The van der Waals surface area contributed by atoms with Crippen LogP contribution in [0.2, 0.25) is 0 Å². The van der Waals surface area contributed by atoms with Gasteiger partial charge in [-0.1, -0.05) is 11.8 Å². The Hall–Kier alpha value is -2.83. The molecule has 7 nitrogen and oxygen atoms in total. The molecule has 0 bridgehead atoms. The molecule has 13 heteroatoms. The third kappa shape index (κ3) is 4.35. The van der Waals surface area contributed by atoms with Gasteiger partial charge in [-0.15, -0.1) is 0 Å². The van der Waals surface area contributed by atoms with Crippen LogP contribution in [0.15, 0.2) is 17.4 Å². The molecule has 0 unspecified atom stereocenters. The summed E-state index contributed by atoms with van der Waals surface area (Å²) in [6.45, 7) is 0. The highest BCUT2D eigenvalue weighted by atomic mass is 32.2. The standard InChI is InChI=1S/C15H10F5N3O4S/c1-28-14-21-3-2-5(22-14)4-6-7(12(24)25)9(11(16)17)23-10(15(18,19)20)8(6)13(26)27/h2-3,11H,4H2,1H3,(H,24,25)(H,26,27). The van der Waals surface area contributed by atoms with Crippen LogP contribution in [-0.2, 0) is 12.6 Å². The summed E-state index contributed by atoms with van der Waals surface area (Å²) in [6, 6.07) is 1.20. The average molecular weight is 423 g/mol. The number of aromatic carboxylic acids is 2. The van der Waals surface area contributed by atoms with Crippen LogP contribution in [0.25, 0.3) is 0 Å². The minimum atomic E-state index is -5.40. The third-order valence-corrected chi connectivity index (χ3v) is 4.03. The number of hydrogen-bond acceptors (Lipinski definition) is 6. The Morgan fingerprint density at radius 3 is 2.21 bits per heavy atom. The van der Waals surface area contributed by atoms with Crippen LogP contribution >= 0.6 is 11.8 Å². The molecule has 2 aromatic heterocycles. The highest BCUT2D eigenvalue weighted by molar-refractivity contribution is 7.98. The molecule has 28 heavy (non-hydrogen) atoms. The maximum atomic E-state index is 13.3. The number of nitrogens with zero attached hydrogens (tertiary/aromatic N) is 3. The number of pyridine rings is 1. The van der Waals surface area contributed by atoms with Crippen molar-refractivity contribution in [2.75, 3.05) is 6.26 Å². The SMILES string of the molecule is CSc1nccc(Cc2c(C(=O)O)c(C(F)F)nc(C(F)(F)F)c2C(=O)O)n1. The second kappa shape index (κ2) is 8.04. The number of aromatic nitrogens is 3. The molecule has 0 spiro atoms. The van der Waals surface area contributed by atoms with E-state index in [1.54, 1.807) is 6.26 Å². The molecule has 0 saturated carbocycles. The van der Waals surface area contributed by atoms with Crippen molar-refractivity contribution in [3.8, 4) is 0 Å². The summed E-state index contributed by atoms with van der Waals surface area (Å²) in [5.74, 6) is -4.19. The van der Waals surface area contributed by atoms with Gasteiger partial charge in [-0.2, -0.15) is 13.2 Å². The molecule has 2 heterocycles. The maximum Gasteiger partial charge on any atom is 0.434 e. The summed E-state index contributed by atoms with van der Waals surface area (Å²) in [5.41, 5.74) is -7.61. The van der Waals surface area contributed by atoms with Crippen molar-refractivity contribution in [1.29, 1.82) is 0 Å². The van der Waals surface area contributed by atoms with E-state index >= 15 is 0 Å². The molecule has 0 atom stereocenters. The Bertz CT molecular complexity index is 937. The van der Waals surface area contributed by atoms with Crippen molar-refractivity contribution < 1.29 is 41.8 Å². The fourth-order valence-corrected chi connectivity index (χ4v) is 2.79. The fourth-order valence-electron chi connectivity index (χ4n) is 2.42. The zero-order chi connectivity index (χ0) is 21.2. The first-order chi connectivity index (χ1) is 13.0. The van der Waals surface area contributed by atoms with Gasteiger partial charge in [0.2, 0.25) is 0 Å². The highest BCUT2D eigenvalue weighted by Crippen LogP contribution is 2.37. The molecule has 0 amide bonds. The zero-order valence-corrected chi connectivity index (χ0v) is 14.6. The Balaban J connectivity index is 2.90. The van der Waals surface area contributed by atoms with E-state index in [1.807, 2.05) is 0 Å². The van der Waals surface area contributed by atoms with E-state index in [-0.39, 0.29) is 10.9 Å². The molecule has 0 aromatic carbocycles. The predicted octanol–water partition coefficient (Wildman–Crippen LogP) is 3.54. The Morgan fingerprint density at radius 1 is 1.14 bits per heavy atom. The van der Waals surface area contributed by atoms with Crippen LogP contribution in [0.5, 0.6) is 0 Å². The molecular weight excluding hydrogens is 413 g/mol. The second-order valence-corrected chi connectivity index (χ2v) is 5.97. The minimum absolute atomic E-state index is 0.0520. The summed E-state index contributed by atoms with van der Waals surface area (Å²) in [7, 11) is 0. The van der Waals surface area contributed by atoms with E-state index in [1.165, 1.54) is 12.3 Å². The van der Waals surface area contributed by atoms with Crippen molar-refractivity contribution in [2.24, 2.45) is 0 Å². The quantitative estimate of drug-likeness (QED) is 0.412. The van der Waals surface area contributed by atoms with Crippen LogP contribution in [0, 0.1) is 0 Å². The Morgan fingerprint density at radius 2 is 1.75 bits per heavy atom. The molecule has 150 valence electrons. The van der Waals surface area contributed by atoms with Gasteiger partial charge in [0, 0.05) is 18.3 Å². The lowest BCUT2D eigenvalue weighted by atomic mass is 9.93. The first-order valence-corrected chi connectivity index (χ1v) is 8.44. The number of carbonyl (C=O) groups is 2. The lowest BCUT2D eigenvalue weighted by molar-refractivity contribution is -0.142. The molecule has 2 rings (SSSR count). The van der Waals surface area contributed by atoms with E-state index in [9.17, 15) is 41.8 Å². The molecule has 0 aliphatic carbocycles. The predicted molar refractivity (Wildman–Crippen MR) is 84.7 cm³/mol. The Kier molecular flexibility index (Phi) is 6.17. The first kappa shape index (κ1) is 21.5.